The van der Waals surface area contributed by atoms with Crippen LogP contribution >= 0.6 is 0 Å². The van der Waals surface area contributed by atoms with Gasteiger partial charge in [-0.05, 0) is 32.1 Å². The van der Waals surface area contributed by atoms with Crippen molar-refractivity contribution in [3.63, 3.8) is 0 Å². The topological polar surface area (TPSA) is 9.23 Å². The van der Waals surface area contributed by atoms with E-state index >= 15 is 0 Å². The fraction of sp³-hybridized carbons (Fsp3) is 0.667. The van der Waals surface area contributed by atoms with Crippen LogP contribution < -0.4 is 0 Å². The minimum absolute atomic E-state index is 0.221. The van der Waals surface area contributed by atoms with Crippen LogP contribution in [0.3, 0.4) is 0 Å². The maximum atomic E-state index is 5.81. The normalized spacial score (nSPS) is 13.8. The first-order valence-electron chi connectivity index (χ1n) is 4.03. The first kappa shape index (κ1) is 10.7. The fourth-order valence-corrected chi connectivity index (χ4v) is 1.96. The summed E-state index contributed by atoms with van der Waals surface area (Å²) in [6, 6.07) is 0. The van der Waals surface area contributed by atoms with E-state index in [0.29, 0.717) is 0 Å². The molecule has 0 N–H and O–H groups in total. The van der Waals surface area contributed by atoms with Crippen LogP contribution in [-0.2, 0) is 4.43 Å². The van der Waals surface area contributed by atoms with Crippen LogP contribution in [0.1, 0.15) is 13.3 Å². The summed E-state index contributed by atoms with van der Waals surface area (Å²) in [5.41, 5.74) is 2.76. The first-order chi connectivity index (χ1) is 4.99. The molecule has 0 aliphatic rings. The molecule has 0 aromatic rings. The molecule has 0 aliphatic heterocycles. The van der Waals surface area contributed by atoms with Crippen molar-refractivity contribution in [2.24, 2.45) is 0 Å². The molecule has 0 heterocycles. The van der Waals surface area contributed by atoms with Crippen molar-refractivity contribution in [3.05, 3.63) is 18.4 Å². The molecular weight excluding hydrogens is 152 g/mol. The largest absolute Gasteiger partial charge is 0.411 e. The highest BCUT2D eigenvalue weighted by Crippen LogP contribution is 2.10. The predicted octanol–water partition coefficient (Wildman–Crippen LogP) is 2.96. The summed E-state index contributed by atoms with van der Waals surface area (Å²) >= 11 is 0. The summed E-state index contributed by atoms with van der Waals surface area (Å²) < 4.78 is 5.81. The Labute approximate surface area is 70.9 Å². The number of hydrogen-bond acceptors (Lipinski definition) is 1. The van der Waals surface area contributed by atoms with Gasteiger partial charge >= 0.3 is 0 Å². The maximum absolute atomic E-state index is 5.81. The lowest BCUT2D eigenvalue weighted by Crippen LogP contribution is -2.30. The van der Waals surface area contributed by atoms with Crippen molar-refractivity contribution in [3.8, 4) is 0 Å². The van der Waals surface area contributed by atoms with E-state index in [1.54, 1.807) is 0 Å². The third kappa shape index (κ3) is 6.11. The molecule has 11 heavy (non-hydrogen) atoms. The number of hydrogen-bond donors (Lipinski definition) is 0. The second-order valence-corrected chi connectivity index (χ2v) is 8.01. The molecule has 0 spiro atoms. The predicted molar refractivity (Wildman–Crippen MR) is 52.2 cm³/mol. The maximum Gasteiger partial charge on any atom is 0.184 e. The molecule has 0 amide bonds. The monoisotopic (exact) mass is 170 g/mol. The molecular formula is C9H18OSi. The lowest BCUT2D eigenvalue weighted by molar-refractivity contribution is 0.238. The van der Waals surface area contributed by atoms with Gasteiger partial charge in [0.1, 0.15) is 0 Å². The molecule has 1 atom stereocenters. The molecule has 64 valence electrons. The van der Waals surface area contributed by atoms with Gasteiger partial charge in [0.2, 0.25) is 0 Å². The Morgan fingerprint density at radius 2 is 2.09 bits per heavy atom. The first-order valence-corrected chi connectivity index (χ1v) is 7.44. The third-order valence-electron chi connectivity index (χ3n) is 1.21. The SMILES string of the molecule is C=C=CC(CC)O[Si](C)(C)C. The molecule has 0 bridgehead atoms. The zero-order valence-corrected chi connectivity index (χ0v) is 8.98. The van der Waals surface area contributed by atoms with Crippen LogP contribution in [-0.4, -0.2) is 14.4 Å². The highest BCUT2D eigenvalue weighted by molar-refractivity contribution is 6.69. The standard InChI is InChI=1S/C9H18OSi/c1-6-8-9(7-2)10-11(3,4)5/h8-9H,1,7H2,2-5H3. The van der Waals surface area contributed by atoms with Crippen molar-refractivity contribution in [1.82, 2.24) is 0 Å². The van der Waals surface area contributed by atoms with Gasteiger partial charge in [0.05, 0.1) is 6.10 Å². The molecule has 0 aromatic heterocycles. The van der Waals surface area contributed by atoms with E-state index in [1.165, 1.54) is 0 Å². The average Bonchev–Trinajstić information content (AvgIpc) is 1.84. The third-order valence-corrected chi connectivity index (χ3v) is 2.22. The van der Waals surface area contributed by atoms with Crippen LogP contribution in [0.2, 0.25) is 19.6 Å². The highest BCUT2D eigenvalue weighted by Gasteiger charge is 2.17. The van der Waals surface area contributed by atoms with Gasteiger partial charge < -0.3 is 4.43 Å². The molecule has 0 fully saturated rings. The minimum atomic E-state index is -1.38. The van der Waals surface area contributed by atoms with E-state index in [2.05, 4.69) is 38.9 Å². The van der Waals surface area contributed by atoms with Crippen LogP contribution in [0.5, 0.6) is 0 Å². The molecule has 0 radical (unpaired) electrons. The molecule has 1 unspecified atom stereocenters. The Bertz CT molecular complexity index is 151. The van der Waals surface area contributed by atoms with Crippen molar-refractivity contribution in [1.29, 1.82) is 0 Å². The minimum Gasteiger partial charge on any atom is -0.411 e. The summed E-state index contributed by atoms with van der Waals surface area (Å²) in [6.07, 6.45) is 3.13. The molecule has 0 aliphatic carbocycles. The second-order valence-electron chi connectivity index (χ2n) is 3.55. The van der Waals surface area contributed by atoms with Gasteiger partial charge in [-0.15, -0.1) is 5.73 Å². The van der Waals surface area contributed by atoms with Gasteiger partial charge in [0, 0.05) is 0 Å². The van der Waals surface area contributed by atoms with Crippen LogP contribution in [0.4, 0.5) is 0 Å². The van der Waals surface area contributed by atoms with Crippen molar-refractivity contribution in [2.75, 3.05) is 0 Å². The van der Waals surface area contributed by atoms with Gasteiger partial charge in [-0.2, -0.15) is 0 Å². The van der Waals surface area contributed by atoms with Gasteiger partial charge in [-0.1, -0.05) is 13.5 Å². The Hall–Kier alpha value is -0.303. The highest BCUT2D eigenvalue weighted by atomic mass is 28.4. The van der Waals surface area contributed by atoms with Gasteiger partial charge in [0.25, 0.3) is 0 Å². The molecule has 0 rings (SSSR count). The zero-order valence-electron chi connectivity index (χ0n) is 7.98. The Morgan fingerprint density at radius 1 is 1.55 bits per heavy atom. The van der Waals surface area contributed by atoms with E-state index in [0.717, 1.165) is 6.42 Å². The van der Waals surface area contributed by atoms with Crippen LogP contribution in [0.15, 0.2) is 18.4 Å². The lowest BCUT2D eigenvalue weighted by Gasteiger charge is -2.22. The van der Waals surface area contributed by atoms with Gasteiger partial charge in [-0.3, -0.25) is 0 Å². The quantitative estimate of drug-likeness (QED) is 0.465. The Kier molecular flexibility index (Phi) is 4.42. The average molecular weight is 170 g/mol. The van der Waals surface area contributed by atoms with Crippen molar-refractivity contribution < 1.29 is 4.43 Å². The molecule has 0 saturated heterocycles. The Balaban J connectivity index is 3.98. The number of rotatable bonds is 4. The smallest absolute Gasteiger partial charge is 0.184 e. The van der Waals surface area contributed by atoms with E-state index < -0.39 is 8.32 Å². The fourth-order valence-electron chi connectivity index (χ4n) is 0.821. The lowest BCUT2D eigenvalue weighted by atomic mass is 10.3. The summed E-state index contributed by atoms with van der Waals surface area (Å²) in [6.45, 7) is 12.2. The summed E-state index contributed by atoms with van der Waals surface area (Å²) in [4.78, 5) is 0. The molecule has 0 saturated carbocycles. The van der Waals surface area contributed by atoms with E-state index in [4.69, 9.17) is 4.43 Å². The van der Waals surface area contributed by atoms with Crippen LogP contribution in [0, 0.1) is 0 Å². The Morgan fingerprint density at radius 3 is 2.36 bits per heavy atom. The van der Waals surface area contributed by atoms with E-state index in [-0.39, 0.29) is 6.10 Å². The van der Waals surface area contributed by atoms with Crippen LogP contribution in [0.25, 0.3) is 0 Å². The molecule has 0 aromatic carbocycles. The summed E-state index contributed by atoms with van der Waals surface area (Å²) in [5.74, 6) is 0. The second kappa shape index (κ2) is 4.55. The summed E-state index contributed by atoms with van der Waals surface area (Å²) in [7, 11) is -1.38. The van der Waals surface area contributed by atoms with E-state index in [1.807, 2.05) is 6.08 Å². The molecule has 1 nitrogen and oxygen atoms in total. The van der Waals surface area contributed by atoms with Gasteiger partial charge in [-0.25, -0.2) is 0 Å². The van der Waals surface area contributed by atoms with Crippen molar-refractivity contribution in [2.45, 2.75) is 39.1 Å². The summed E-state index contributed by atoms with van der Waals surface area (Å²) in [5, 5.41) is 0. The van der Waals surface area contributed by atoms with Crippen molar-refractivity contribution >= 4 is 8.32 Å². The van der Waals surface area contributed by atoms with Gasteiger partial charge in [0.15, 0.2) is 8.32 Å². The molecule has 2 heteroatoms. The zero-order chi connectivity index (χ0) is 8.91. The van der Waals surface area contributed by atoms with E-state index in [9.17, 15) is 0 Å².